The van der Waals surface area contributed by atoms with Gasteiger partial charge >= 0.3 is 6.15 Å². The third kappa shape index (κ3) is 3.04. The Balaban J connectivity index is 0.000000612. The van der Waals surface area contributed by atoms with Crippen LogP contribution in [0.1, 0.15) is 31.3 Å². The Morgan fingerprint density at radius 1 is 1.45 bits per heavy atom. The van der Waals surface area contributed by atoms with Crippen molar-refractivity contribution >= 4 is 23.2 Å². The standard InChI is InChI=1S/C13H18N2O2.CO2/c1-4-9-7-11-10(5-6-17-11)15(9)13(16)12(14)8(2)3;2-1-3/h5-8,12H,4,14H2,1-3H3;/t12-;/m0./s1. The second-order valence-corrected chi connectivity index (χ2v) is 4.69. The van der Waals surface area contributed by atoms with Crippen molar-refractivity contribution in [2.24, 2.45) is 11.7 Å². The van der Waals surface area contributed by atoms with Gasteiger partial charge in [-0.05, 0) is 12.3 Å². The molecular formula is C14H18N2O4. The first kappa shape index (κ1) is 15.9. The summed E-state index contributed by atoms with van der Waals surface area (Å²) in [6, 6.07) is 3.23. The summed E-state index contributed by atoms with van der Waals surface area (Å²) in [5.41, 5.74) is 8.43. The first-order valence-corrected chi connectivity index (χ1v) is 6.34. The van der Waals surface area contributed by atoms with Crippen LogP contribution in [0.4, 0.5) is 0 Å². The SMILES string of the molecule is CCc1cc2occc2n1C(=O)[C@@H](N)C(C)C.O=C=O. The van der Waals surface area contributed by atoms with Crippen LogP contribution in [0.25, 0.3) is 11.1 Å². The van der Waals surface area contributed by atoms with Gasteiger partial charge in [0.2, 0.25) is 5.91 Å². The van der Waals surface area contributed by atoms with Gasteiger partial charge in [0.25, 0.3) is 0 Å². The van der Waals surface area contributed by atoms with Crippen LogP contribution in [0.15, 0.2) is 22.8 Å². The highest BCUT2D eigenvalue weighted by atomic mass is 16.3. The summed E-state index contributed by atoms with van der Waals surface area (Å²) in [4.78, 5) is 28.6. The largest absolute Gasteiger partial charge is 0.463 e. The first-order valence-electron chi connectivity index (χ1n) is 6.34. The Morgan fingerprint density at radius 2 is 2.05 bits per heavy atom. The quantitative estimate of drug-likeness (QED) is 0.924. The first-order chi connectivity index (χ1) is 9.47. The second-order valence-electron chi connectivity index (χ2n) is 4.69. The fourth-order valence-electron chi connectivity index (χ4n) is 1.93. The van der Waals surface area contributed by atoms with E-state index in [1.165, 1.54) is 0 Å². The average Bonchev–Trinajstić information content (AvgIpc) is 2.97. The maximum Gasteiger partial charge on any atom is 0.373 e. The van der Waals surface area contributed by atoms with Gasteiger partial charge in [-0.1, -0.05) is 20.8 Å². The molecule has 0 saturated heterocycles. The molecule has 0 unspecified atom stereocenters. The van der Waals surface area contributed by atoms with Crippen LogP contribution < -0.4 is 5.73 Å². The molecular weight excluding hydrogens is 260 g/mol. The molecule has 2 aromatic heterocycles. The van der Waals surface area contributed by atoms with E-state index >= 15 is 0 Å². The van der Waals surface area contributed by atoms with E-state index in [-0.39, 0.29) is 18.0 Å². The number of fused-ring (bicyclic) bond motifs is 1. The van der Waals surface area contributed by atoms with Crippen LogP contribution in [0.3, 0.4) is 0 Å². The highest BCUT2D eigenvalue weighted by Gasteiger charge is 2.23. The number of hydrogen-bond donors (Lipinski definition) is 1. The molecule has 20 heavy (non-hydrogen) atoms. The van der Waals surface area contributed by atoms with Gasteiger partial charge in [0.05, 0.1) is 17.8 Å². The van der Waals surface area contributed by atoms with Crippen LogP contribution in [0.2, 0.25) is 0 Å². The Hall–Kier alpha value is -2.17. The van der Waals surface area contributed by atoms with Crippen LogP contribution in [-0.2, 0) is 16.0 Å². The highest BCUT2D eigenvalue weighted by molar-refractivity contribution is 5.94. The lowest BCUT2D eigenvalue weighted by atomic mass is 10.0. The molecule has 0 aromatic carbocycles. The van der Waals surface area contributed by atoms with Crippen LogP contribution >= 0.6 is 0 Å². The van der Waals surface area contributed by atoms with Crippen LogP contribution in [0.5, 0.6) is 0 Å². The van der Waals surface area contributed by atoms with E-state index in [0.29, 0.717) is 0 Å². The summed E-state index contributed by atoms with van der Waals surface area (Å²) in [5.74, 6) is 0.0600. The minimum atomic E-state index is -0.481. The van der Waals surface area contributed by atoms with Gasteiger partial charge in [-0.3, -0.25) is 9.36 Å². The molecule has 0 amide bonds. The maximum atomic E-state index is 12.3. The van der Waals surface area contributed by atoms with Crippen molar-refractivity contribution in [1.82, 2.24) is 4.57 Å². The van der Waals surface area contributed by atoms with E-state index in [4.69, 9.17) is 19.7 Å². The lowest BCUT2D eigenvalue weighted by Crippen LogP contribution is -2.39. The lowest BCUT2D eigenvalue weighted by molar-refractivity contribution is -0.191. The number of carbonyl (C=O) groups excluding carboxylic acids is 3. The normalized spacial score (nSPS) is 11.8. The Labute approximate surface area is 116 Å². The van der Waals surface area contributed by atoms with Gasteiger partial charge in [0.1, 0.15) is 0 Å². The van der Waals surface area contributed by atoms with E-state index in [1.54, 1.807) is 16.9 Å². The number of aryl methyl sites for hydroxylation is 1. The van der Waals surface area contributed by atoms with Crippen molar-refractivity contribution in [2.45, 2.75) is 33.2 Å². The molecule has 0 saturated carbocycles. The van der Waals surface area contributed by atoms with Crippen LogP contribution in [-0.4, -0.2) is 22.7 Å². The maximum absolute atomic E-state index is 12.3. The summed E-state index contributed by atoms with van der Waals surface area (Å²) in [6.07, 6.45) is 2.62. The monoisotopic (exact) mass is 278 g/mol. The fourth-order valence-corrected chi connectivity index (χ4v) is 1.93. The van der Waals surface area contributed by atoms with E-state index < -0.39 is 6.04 Å². The third-order valence-electron chi connectivity index (χ3n) is 3.09. The van der Waals surface area contributed by atoms with Crippen molar-refractivity contribution < 1.29 is 18.8 Å². The predicted octanol–water partition coefficient (Wildman–Crippen LogP) is 1.84. The zero-order valence-corrected chi connectivity index (χ0v) is 11.8. The molecule has 2 rings (SSSR count). The number of nitrogens with zero attached hydrogens (tertiary/aromatic N) is 1. The topological polar surface area (TPSA) is 95.3 Å². The molecule has 1 atom stereocenters. The Kier molecular flexibility index (Phi) is 5.43. The number of rotatable bonds is 3. The highest BCUT2D eigenvalue weighted by Crippen LogP contribution is 2.22. The van der Waals surface area contributed by atoms with E-state index in [1.807, 2.05) is 26.8 Å². The molecule has 0 spiro atoms. The number of furan rings is 1. The van der Waals surface area contributed by atoms with Gasteiger partial charge in [0, 0.05) is 17.8 Å². The van der Waals surface area contributed by atoms with E-state index in [9.17, 15) is 4.79 Å². The summed E-state index contributed by atoms with van der Waals surface area (Å²) >= 11 is 0. The van der Waals surface area contributed by atoms with Crippen molar-refractivity contribution in [1.29, 1.82) is 0 Å². The summed E-state index contributed by atoms with van der Waals surface area (Å²) in [6.45, 7) is 5.91. The minimum Gasteiger partial charge on any atom is -0.463 e. The number of hydrogen-bond acceptors (Lipinski definition) is 5. The predicted molar refractivity (Wildman–Crippen MR) is 72.0 cm³/mol. The molecule has 2 N–H and O–H groups in total. The van der Waals surface area contributed by atoms with Gasteiger partial charge in [-0.15, -0.1) is 0 Å². The minimum absolute atomic E-state index is 0.0618. The van der Waals surface area contributed by atoms with Crippen molar-refractivity contribution in [3.05, 3.63) is 24.1 Å². The van der Waals surface area contributed by atoms with Crippen molar-refractivity contribution in [2.75, 3.05) is 0 Å². The van der Waals surface area contributed by atoms with E-state index in [2.05, 4.69) is 0 Å². The molecule has 6 nitrogen and oxygen atoms in total. The Morgan fingerprint density at radius 3 is 2.55 bits per heavy atom. The van der Waals surface area contributed by atoms with Crippen molar-refractivity contribution in [3.63, 3.8) is 0 Å². The summed E-state index contributed by atoms with van der Waals surface area (Å²) < 4.78 is 7.00. The average molecular weight is 278 g/mol. The number of carbonyl (C=O) groups is 1. The number of nitrogens with two attached hydrogens (primary N) is 1. The summed E-state index contributed by atoms with van der Waals surface area (Å²) in [7, 11) is 0. The molecule has 2 heterocycles. The molecule has 0 radical (unpaired) electrons. The van der Waals surface area contributed by atoms with E-state index in [0.717, 1.165) is 23.2 Å². The van der Waals surface area contributed by atoms with Gasteiger partial charge < -0.3 is 10.2 Å². The second kappa shape index (κ2) is 6.84. The fraction of sp³-hybridized carbons (Fsp3) is 0.429. The molecule has 108 valence electrons. The summed E-state index contributed by atoms with van der Waals surface area (Å²) in [5, 5.41) is 0. The third-order valence-corrected chi connectivity index (χ3v) is 3.09. The molecule has 0 fully saturated rings. The number of aromatic nitrogens is 1. The molecule has 0 aliphatic heterocycles. The smallest absolute Gasteiger partial charge is 0.373 e. The molecule has 0 aliphatic rings. The zero-order chi connectivity index (χ0) is 15.3. The molecule has 6 heteroatoms. The van der Waals surface area contributed by atoms with Crippen LogP contribution in [0, 0.1) is 5.92 Å². The lowest BCUT2D eigenvalue weighted by Gasteiger charge is -2.16. The van der Waals surface area contributed by atoms with Gasteiger partial charge in [-0.2, -0.15) is 9.59 Å². The zero-order valence-electron chi connectivity index (χ0n) is 11.8. The molecule has 2 aromatic rings. The van der Waals surface area contributed by atoms with Gasteiger partial charge in [0.15, 0.2) is 5.58 Å². The molecule has 0 bridgehead atoms. The van der Waals surface area contributed by atoms with Gasteiger partial charge in [-0.25, -0.2) is 0 Å². The van der Waals surface area contributed by atoms with Crippen molar-refractivity contribution in [3.8, 4) is 0 Å². The Bertz CT molecular complexity index is 618. The molecule has 0 aliphatic carbocycles.